The van der Waals surface area contributed by atoms with E-state index in [2.05, 4.69) is 49.4 Å². The summed E-state index contributed by atoms with van der Waals surface area (Å²) in [4.78, 5) is 0. The molecule has 0 atom stereocenters. The van der Waals surface area contributed by atoms with Crippen molar-refractivity contribution in [3.05, 3.63) is 48.0 Å². The number of benzene rings is 2. The fraction of sp³-hybridized carbons (Fsp3) is 0.286. The average Bonchev–Trinajstić information content (AvgIpc) is 2.18. The third-order valence-corrected chi connectivity index (χ3v) is 2.01. The molecule has 0 unspecified atom stereocenters. The SMILES string of the molecule is CC(C)N.Cc1cccc2ccccc12. The van der Waals surface area contributed by atoms with E-state index in [9.17, 15) is 0 Å². The van der Waals surface area contributed by atoms with Crippen molar-refractivity contribution in [1.29, 1.82) is 0 Å². The summed E-state index contributed by atoms with van der Waals surface area (Å²) in [6.45, 7) is 6.03. The summed E-state index contributed by atoms with van der Waals surface area (Å²) in [5, 5.41) is 2.68. The summed E-state index contributed by atoms with van der Waals surface area (Å²) in [7, 11) is 0. The maximum Gasteiger partial charge on any atom is -0.00179 e. The Morgan fingerprint density at radius 2 is 1.47 bits per heavy atom. The van der Waals surface area contributed by atoms with Crippen LogP contribution in [0.2, 0.25) is 0 Å². The molecule has 0 aromatic heterocycles. The van der Waals surface area contributed by atoms with E-state index >= 15 is 0 Å². The van der Waals surface area contributed by atoms with Crippen LogP contribution < -0.4 is 5.73 Å². The van der Waals surface area contributed by atoms with Crippen LogP contribution in [0, 0.1) is 6.92 Å². The molecule has 0 aliphatic heterocycles. The molecule has 0 aliphatic rings. The molecule has 2 aromatic rings. The Bertz CT molecular complexity index is 410. The molecular formula is C14H19N. The van der Waals surface area contributed by atoms with Crippen LogP contribution in [-0.2, 0) is 0 Å². The van der Waals surface area contributed by atoms with Crippen LogP contribution in [0.4, 0.5) is 0 Å². The lowest BCUT2D eigenvalue weighted by molar-refractivity contribution is 0.834. The summed E-state index contributed by atoms with van der Waals surface area (Å²) < 4.78 is 0. The lowest BCUT2D eigenvalue weighted by Crippen LogP contribution is -2.06. The number of hydrogen-bond donors (Lipinski definition) is 1. The second-order valence-electron chi connectivity index (χ2n) is 4.04. The van der Waals surface area contributed by atoms with Gasteiger partial charge >= 0.3 is 0 Å². The minimum atomic E-state index is 0.333. The smallest absolute Gasteiger partial charge is 0.00179 e. The molecular weight excluding hydrogens is 182 g/mol. The largest absolute Gasteiger partial charge is 0.328 e. The minimum absolute atomic E-state index is 0.333. The van der Waals surface area contributed by atoms with Gasteiger partial charge in [0.2, 0.25) is 0 Å². The molecule has 0 aliphatic carbocycles. The minimum Gasteiger partial charge on any atom is -0.328 e. The molecule has 2 rings (SSSR count). The van der Waals surface area contributed by atoms with Crippen molar-refractivity contribution in [3.63, 3.8) is 0 Å². The van der Waals surface area contributed by atoms with Gasteiger partial charge in [0, 0.05) is 0 Å². The third kappa shape index (κ3) is 3.72. The quantitative estimate of drug-likeness (QED) is 0.693. The van der Waals surface area contributed by atoms with Gasteiger partial charge in [0.25, 0.3) is 0 Å². The van der Waals surface area contributed by atoms with Gasteiger partial charge in [-0.3, -0.25) is 0 Å². The number of nitrogens with two attached hydrogens (primary N) is 1. The lowest BCUT2D eigenvalue weighted by Gasteiger charge is -1.98. The van der Waals surface area contributed by atoms with Crippen molar-refractivity contribution in [2.75, 3.05) is 0 Å². The second kappa shape index (κ2) is 5.52. The van der Waals surface area contributed by atoms with E-state index in [-0.39, 0.29) is 0 Å². The number of fused-ring (bicyclic) bond motifs is 1. The highest BCUT2D eigenvalue weighted by molar-refractivity contribution is 5.85. The zero-order valence-corrected chi connectivity index (χ0v) is 9.70. The first-order chi connectivity index (χ1) is 7.11. The highest BCUT2D eigenvalue weighted by Gasteiger charge is 1.92. The van der Waals surface area contributed by atoms with Crippen LogP contribution >= 0.6 is 0 Å². The van der Waals surface area contributed by atoms with Crippen LogP contribution in [0.15, 0.2) is 42.5 Å². The first kappa shape index (κ1) is 11.7. The summed E-state index contributed by atoms with van der Waals surface area (Å²) >= 11 is 0. The molecule has 2 N–H and O–H groups in total. The van der Waals surface area contributed by atoms with Crippen molar-refractivity contribution in [1.82, 2.24) is 0 Å². The number of hydrogen-bond acceptors (Lipinski definition) is 1. The Kier molecular flexibility index (Phi) is 4.32. The summed E-state index contributed by atoms with van der Waals surface area (Å²) in [5.74, 6) is 0. The topological polar surface area (TPSA) is 26.0 Å². The summed E-state index contributed by atoms with van der Waals surface area (Å²) in [6, 6.07) is 15.2. The van der Waals surface area contributed by atoms with Crippen molar-refractivity contribution in [2.45, 2.75) is 26.8 Å². The second-order valence-corrected chi connectivity index (χ2v) is 4.04. The fourth-order valence-electron chi connectivity index (χ4n) is 1.39. The summed E-state index contributed by atoms with van der Waals surface area (Å²) in [6.07, 6.45) is 0. The predicted molar refractivity (Wildman–Crippen MR) is 68.0 cm³/mol. The van der Waals surface area contributed by atoms with E-state index in [0.717, 1.165) is 0 Å². The van der Waals surface area contributed by atoms with Crippen LogP contribution in [0.5, 0.6) is 0 Å². The highest BCUT2D eigenvalue weighted by atomic mass is 14.6. The fourth-order valence-corrected chi connectivity index (χ4v) is 1.39. The molecule has 0 amide bonds. The van der Waals surface area contributed by atoms with Gasteiger partial charge < -0.3 is 5.73 Å². The molecule has 0 spiro atoms. The van der Waals surface area contributed by atoms with Gasteiger partial charge in [-0.1, -0.05) is 56.3 Å². The van der Waals surface area contributed by atoms with E-state index in [0.29, 0.717) is 6.04 Å². The molecule has 0 fully saturated rings. The van der Waals surface area contributed by atoms with E-state index in [1.165, 1.54) is 16.3 Å². The normalized spacial score (nSPS) is 9.93. The van der Waals surface area contributed by atoms with Crippen molar-refractivity contribution in [2.24, 2.45) is 5.73 Å². The van der Waals surface area contributed by atoms with E-state index in [1.54, 1.807) is 0 Å². The first-order valence-corrected chi connectivity index (χ1v) is 5.31. The Morgan fingerprint density at radius 1 is 0.933 bits per heavy atom. The molecule has 15 heavy (non-hydrogen) atoms. The maximum absolute atomic E-state index is 5.11. The maximum atomic E-state index is 5.11. The zero-order chi connectivity index (χ0) is 11.3. The number of rotatable bonds is 0. The van der Waals surface area contributed by atoms with E-state index in [4.69, 9.17) is 5.73 Å². The van der Waals surface area contributed by atoms with Gasteiger partial charge in [-0.15, -0.1) is 0 Å². The molecule has 0 heterocycles. The van der Waals surface area contributed by atoms with Gasteiger partial charge in [-0.25, -0.2) is 0 Å². The molecule has 0 radical (unpaired) electrons. The van der Waals surface area contributed by atoms with Crippen molar-refractivity contribution in [3.8, 4) is 0 Å². The molecule has 1 heteroatoms. The van der Waals surface area contributed by atoms with Gasteiger partial charge in [0.15, 0.2) is 0 Å². The number of aryl methyl sites for hydroxylation is 1. The van der Waals surface area contributed by atoms with Crippen molar-refractivity contribution < 1.29 is 0 Å². The van der Waals surface area contributed by atoms with Gasteiger partial charge in [0.05, 0.1) is 0 Å². The lowest BCUT2D eigenvalue weighted by atomic mass is 10.1. The highest BCUT2D eigenvalue weighted by Crippen LogP contribution is 2.16. The van der Waals surface area contributed by atoms with Gasteiger partial charge in [-0.05, 0) is 29.3 Å². The standard InChI is InChI=1S/C11H10.C3H9N/c1-9-5-4-7-10-6-2-3-8-11(9)10;1-3(2)4/h2-8H,1H3;3H,4H2,1-2H3. The molecule has 0 bridgehead atoms. The van der Waals surface area contributed by atoms with Crippen molar-refractivity contribution >= 4 is 10.8 Å². The molecule has 0 saturated carbocycles. The van der Waals surface area contributed by atoms with Crippen LogP contribution in [-0.4, -0.2) is 6.04 Å². The average molecular weight is 201 g/mol. The van der Waals surface area contributed by atoms with Crippen LogP contribution in [0.25, 0.3) is 10.8 Å². The Hall–Kier alpha value is -1.34. The monoisotopic (exact) mass is 201 g/mol. The van der Waals surface area contributed by atoms with E-state index < -0.39 is 0 Å². The molecule has 2 aromatic carbocycles. The molecule has 0 saturated heterocycles. The predicted octanol–water partition coefficient (Wildman–Crippen LogP) is 3.50. The van der Waals surface area contributed by atoms with Gasteiger partial charge in [-0.2, -0.15) is 0 Å². The van der Waals surface area contributed by atoms with E-state index in [1.807, 2.05) is 13.8 Å². The van der Waals surface area contributed by atoms with Crippen LogP contribution in [0.1, 0.15) is 19.4 Å². The summed E-state index contributed by atoms with van der Waals surface area (Å²) in [5.41, 5.74) is 6.46. The zero-order valence-electron chi connectivity index (χ0n) is 9.70. The van der Waals surface area contributed by atoms with Crippen LogP contribution in [0.3, 0.4) is 0 Å². The Balaban J connectivity index is 0.000000245. The van der Waals surface area contributed by atoms with Gasteiger partial charge in [0.1, 0.15) is 0 Å². The Morgan fingerprint density at radius 3 is 2.07 bits per heavy atom. The first-order valence-electron chi connectivity index (χ1n) is 5.31. The molecule has 1 nitrogen and oxygen atoms in total. The third-order valence-electron chi connectivity index (χ3n) is 2.01. The molecule has 80 valence electrons. The Labute approximate surface area is 91.9 Å².